The molecule has 3 rings (SSSR count). The van der Waals surface area contributed by atoms with Crippen LogP contribution in [-0.2, 0) is 0 Å². The number of ether oxygens (including phenoxy) is 1. The number of carbonyl (C=O) groups excluding carboxylic acids is 1. The van der Waals surface area contributed by atoms with E-state index in [9.17, 15) is 10.1 Å². The third kappa shape index (κ3) is 3.65. The minimum absolute atomic E-state index is 0.209. The molecule has 1 amide bonds. The third-order valence-electron chi connectivity index (χ3n) is 4.25. The van der Waals surface area contributed by atoms with E-state index in [0.717, 1.165) is 11.1 Å². The lowest BCUT2D eigenvalue weighted by molar-refractivity contribution is 0.102. The van der Waals surface area contributed by atoms with Crippen LogP contribution in [0.15, 0.2) is 54.6 Å². The summed E-state index contributed by atoms with van der Waals surface area (Å²) in [5.74, 6) is -0.109. The van der Waals surface area contributed by atoms with Gasteiger partial charge in [-0.1, -0.05) is 48.0 Å². The van der Waals surface area contributed by atoms with E-state index in [2.05, 4.69) is 16.4 Å². The summed E-state index contributed by atoms with van der Waals surface area (Å²) in [4.78, 5) is 17.4. The van der Waals surface area contributed by atoms with E-state index in [1.165, 1.54) is 7.11 Å². The first kappa shape index (κ1) is 18.2. The number of methoxy groups -OCH3 is 1. The molecule has 0 fully saturated rings. The zero-order valence-electron chi connectivity index (χ0n) is 15.4. The van der Waals surface area contributed by atoms with Gasteiger partial charge in [-0.3, -0.25) is 4.79 Å². The molecule has 0 spiro atoms. The van der Waals surface area contributed by atoms with Gasteiger partial charge < -0.3 is 10.1 Å². The number of anilines is 1. The smallest absolute Gasteiger partial charge is 0.258 e. The van der Waals surface area contributed by atoms with Gasteiger partial charge in [0.2, 0.25) is 5.88 Å². The molecule has 5 heteroatoms. The monoisotopic (exact) mass is 357 g/mol. The van der Waals surface area contributed by atoms with E-state index in [-0.39, 0.29) is 17.4 Å². The van der Waals surface area contributed by atoms with Gasteiger partial charge in [0.1, 0.15) is 11.6 Å². The second-order valence-electron chi connectivity index (χ2n) is 6.13. The standard InChI is InChI=1S/C22H19N3O2/c1-14-9-11-17(12-10-14)25-21(26)19-15(2)24-22(27-3)18(13-23)20(19)16-7-5-4-6-8-16/h4-12H,1-3H3,(H,25,26). The maximum absolute atomic E-state index is 13.1. The first-order valence-electron chi connectivity index (χ1n) is 8.47. The minimum Gasteiger partial charge on any atom is -0.480 e. The highest BCUT2D eigenvalue weighted by molar-refractivity contribution is 6.10. The van der Waals surface area contributed by atoms with Gasteiger partial charge in [-0.2, -0.15) is 5.26 Å². The summed E-state index contributed by atoms with van der Waals surface area (Å²) in [7, 11) is 1.46. The Labute approximate surface area is 158 Å². The van der Waals surface area contributed by atoms with Gasteiger partial charge in [0.25, 0.3) is 5.91 Å². The maximum atomic E-state index is 13.1. The summed E-state index contributed by atoms with van der Waals surface area (Å²) in [6.45, 7) is 3.72. The highest BCUT2D eigenvalue weighted by Crippen LogP contribution is 2.34. The quantitative estimate of drug-likeness (QED) is 0.746. The predicted molar refractivity (Wildman–Crippen MR) is 105 cm³/mol. The molecule has 0 aliphatic rings. The summed E-state index contributed by atoms with van der Waals surface area (Å²) < 4.78 is 5.28. The van der Waals surface area contributed by atoms with Crippen molar-refractivity contribution in [2.24, 2.45) is 0 Å². The van der Waals surface area contributed by atoms with E-state index < -0.39 is 0 Å². The van der Waals surface area contributed by atoms with Crippen molar-refractivity contribution in [3.8, 4) is 23.1 Å². The van der Waals surface area contributed by atoms with Crippen LogP contribution in [-0.4, -0.2) is 18.0 Å². The first-order valence-corrected chi connectivity index (χ1v) is 8.47. The van der Waals surface area contributed by atoms with Gasteiger partial charge in [-0.25, -0.2) is 4.98 Å². The molecule has 0 unspecified atom stereocenters. The van der Waals surface area contributed by atoms with Crippen LogP contribution >= 0.6 is 0 Å². The van der Waals surface area contributed by atoms with Crippen LogP contribution < -0.4 is 10.1 Å². The number of pyridine rings is 1. The fourth-order valence-electron chi connectivity index (χ4n) is 2.93. The van der Waals surface area contributed by atoms with E-state index in [4.69, 9.17) is 4.74 Å². The molecule has 0 atom stereocenters. The normalized spacial score (nSPS) is 10.1. The Kier molecular flexibility index (Phi) is 5.18. The number of amides is 1. The molecule has 0 saturated heterocycles. The van der Waals surface area contributed by atoms with Crippen LogP contribution in [0.25, 0.3) is 11.1 Å². The number of hydrogen-bond acceptors (Lipinski definition) is 4. The Balaban J connectivity index is 2.18. The number of nitrogens with zero attached hydrogens (tertiary/aromatic N) is 2. The van der Waals surface area contributed by atoms with Crippen LogP contribution in [0, 0.1) is 25.2 Å². The van der Waals surface area contributed by atoms with Crippen LogP contribution in [0.1, 0.15) is 27.2 Å². The summed E-state index contributed by atoms with van der Waals surface area (Å²) in [6.07, 6.45) is 0. The number of aryl methyl sites for hydroxylation is 2. The average molecular weight is 357 g/mol. The lowest BCUT2D eigenvalue weighted by Crippen LogP contribution is -2.17. The van der Waals surface area contributed by atoms with Crippen LogP contribution in [0.4, 0.5) is 5.69 Å². The van der Waals surface area contributed by atoms with Crippen molar-refractivity contribution < 1.29 is 9.53 Å². The summed E-state index contributed by atoms with van der Waals surface area (Å²) in [5, 5.41) is 12.6. The molecule has 0 aliphatic carbocycles. The number of carbonyl (C=O) groups is 1. The number of benzene rings is 2. The van der Waals surface area contributed by atoms with Crippen molar-refractivity contribution in [3.05, 3.63) is 77.0 Å². The van der Waals surface area contributed by atoms with Gasteiger partial charge in [0.05, 0.1) is 18.4 Å². The molecular weight excluding hydrogens is 338 g/mol. The van der Waals surface area contributed by atoms with Crippen molar-refractivity contribution in [2.45, 2.75) is 13.8 Å². The zero-order chi connectivity index (χ0) is 19.4. The summed E-state index contributed by atoms with van der Waals surface area (Å²) >= 11 is 0. The lowest BCUT2D eigenvalue weighted by Gasteiger charge is -2.16. The van der Waals surface area contributed by atoms with Crippen LogP contribution in [0.3, 0.4) is 0 Å². The minimum atomic E-state index is -0.318. The van der Waals surface area contributed by atoms with Crippen LogP contribution in [0.2, 0.25) is 0 Å². The molecule has 1 aromatic heterocycles. The maximum Gasteiger partial charge on any atom is 0.258 e. The Morgan fingerprint density at radius 3 is 2.33 bits per heavy atom. The molecular formula is C22H19N3O2. The van der Waals surface area contributed by atoms with Crippen molar-refractivity contribution >= 4 is 11.6 Å². The largest absolute Gasteiger partial charge is 0.480 e. The molecule has 2 aromatic carbocycles. The fraction of sp³-hybridized carbons (Fsp3) is 0.136. The molecule has 1 heterocycles. The van der Waals surface area contributed by atoms with E-state index in [1.807, 2.05) is 61.5 Å². The highest BCUT2D eigenvalue weighted by Gasteiger charge is 2.24. The second kappa shape index (κ2) is 7.71. The van der Waals surface area contributed by atoms with E-state index in [0.29, 0.717) is 22.5 Å². The molecule has 0 aliphatic heterocycles. The number of nitrogens with one attached hydrogen (secondary N) is 1. The number of hydrogen-bond donors (Lipinski definition) is 1. The Morgan fingerprint density at radius 2 is 1.74 bits per heavy atom. The molecule has 0 saturated carbocycles. The third-order valence-corrected chi connectivity index (χ3v) is 4.25. The Bertz CT molecular complexity index is 1020. The fourth-order valence-corrected chi connectivity index (χ4v) is 2.93. The van der Waals surface area contributed by atoms with E-state index >= 15 is 0 Å². The number of rotatable bonds is 4. The van der Waals surface area contributed by atoms with Gasteiger partial charge in [0, 0.05) is 11.3 Å². The molecule has 5 nitrogen and oxygen atoms in total. The second-order valence-corrected chi connectivity index (χ2v) is 6.13. The summed E-state index contributed by atoms with van der Waals surface area (Å²) in [6, 6.07) is 19.0. The SMILES string of the molecule is COc1nc(C)c(C(=O)Nc2ccc(C)cc2)c(-c2ccccc2)c1C#N. The van der Waals surface area contributed by atoms with E-state index in [1.54, 1.807) is 6.92 Å². The molecule has 1 N–H and O–H groups in total. The molecule has 27 heavy (non-hydrogen) atoms. The highest BCUT2D eigenvalue weighted by atomic mass is 16.5. The van der Waals surface area contributed by atoms with Crippen molar-refractivity contribution in [2.75, 3.05) is 12.4 Å². The Hall–Kier alpha value is -3.65. The summed E-state index contributed by atoms with van der Waals surface area (Å²) in [5.41, 5.74) is 4.15. The van der Waals surface area contributed by atoms with Gasteiger partial charge in [-0.15, -0.1) is 0 Å². The molecule has 0 bridgehead atoms. The molecule has 3 aromatic rings. The van der Waals surface area contributed by atoms with Crippen molar-refractivity contribution in [1.29, 1.82) is 5.26 Å². The van der Waals surface area contributed by atoms with Gasteiger partial charge >= 0.3 is 0 Å². The number of nitriles is 1. The average Bonchev–Trinajstić information content (AvgIpc) is 2.69. The first-order chi connectivity index (χ1) is 13.0. The van der Waals surface area contributed by atoms with Crippen molar-refractivity contribution in [1.82, 2.24) is 4.98 Å². The lowest BCUT2D eigenvalue weighted by atomic mass is 9.94. The Morgan fingerprint density at radius 1 is 1.07 bits per heavy atom. The van der Waals surface area contributed by atoms with Gasteiger partial charge in [-0.05, 0) is 31.5 Å². The zero-order valence-corrected chi connectivity index (χ0v) is 15.4. The molecule has 134 valence electrons. The number of aromatic nitrogens is 1. The van der Waals surface area contributed by atoms with Gasteiger partial charge in [0.15, 0.2) is 0 Å². The van der Waals surface area contributed by atoms with Crippen LogP contribution in [0.5, 0.6) is 5.88 Å². The van der Waals surface area contributed by atoms with Crippen molar-refractivity contribution in [3.63, 3.8) is 0 Å². The molecule has 0 radical (unpaired) electrons. The topological polar surface area (TPSA) is 75.0 Å². The predicted octanol–water partition coefficient (Wildman–Crippen LogP) is 4.50.